The van der Waals surface area contributed by atoms with Crippen LogP contribution in [0.2, 0.25) is 0 Å². The van der Waals surface area contributed by atoms with Crippen molar-refractivity contribution < 1.29 is 4.79 Å². The summed E-state index contributed by atoms with van der Waals surface area (Å²) in [6, 6.07) is 5.69. The van der Waals surface area contributed by atoms with E-state index in [4.69, 9.17) is 11.6 Å². The molecule has 76 valence electrons. The van der Waals surface area contributed by atoms with Crippen LogP contribution in [0.15, 0.2) is 22.7 Å². The number of halogens is 3. The summed E-state index contributed by atoms with van der Waals surface area (Å²) in [4.78, 5) is 11.0. The molecule has 0 aliphatic carbocycles. The molecule has 0 spiro atoms. The molecule has 1 rings (SSSR count). The standard InChI is InChI=1S/C10H9Br2ClO/c11-5-1-2-7-3-4-9(12)8(6-7)10(13)14/h3-4,6H,1-2,5H2. The number of aryl methyl sites for hydroxylation is 1. The van der Waals surface area contributed by atoms with Crippen LogP contribution in [0.5, 0.6) is 0 Å². The van der Waals surface area contributed by atoms with E-state index in [0.717, 1.165) is 28.2 Å². The van der Waals surface area contributed by atoms with Crippen LogP contribution >= 0.6 is 43.5 Å². The van der Waals surface area contributed by atoms with Gasteiger partial charge in [0.25, 0.3) is 5.24 Å². The van der Waals surface area contributed by atoms with Gasteiger partial charge in [0.1, 0.15) is 0 Å². The Morgan fingerprint density at radius 1 is 1.43 bits per heavy atom. The smallest absolute Gasteiger partial charge is 0.253 e. The summed E-state index contributed by atoms with van der Waals surface area (Å²) >= 11 is 12.1. The van der Waals surface area contributed by atoms with Crippen molar-refractivity contribution in [3.8, 4) is 0 Å². The number of rotatable bonds is 4. The van der Waals surface area contributed by atoms with Crippen LogP contribution in [0.3, 0.4) is 0 Å². The van der Waals surface area contributed by atoms with E-state index in [1.165, 1.54) is 0 Å². The first-order valence-electron chi connectivity index (χ1n) is 4.19. The molecule has 0 aliphatic heterocycles. The lowest BCUT2D eigenvalue weighted by atomic mass is 10.1. The molecule has 0 saturated heterocycles. The maximum Gasteiger partial charge on any atom is 0.253 e. The van der Waals surface area contributed by atoms with Crippen molar-refractivity contribution in [3.05, 3.63) is 33.8 Å². The van der Waals surface area contributed by atoms with E-state index in [9.17, 15) is 4.79 Å². The number of hydrogen-bond acceptors (Lipinski definition) is 1. The van der Waals surface area contributed by atoms with E-state index in [1.807, 2.05) is 18.2 Å². The minimum absolute atomic E-state index is 0.419. The first-order chi connectivity index (χ1) is 6.65. The van der Waals surface area contributed by atoms with Crippen LogP contribution in [-0.2, 0) is 6.42 Å². The molecular weight excluding hydrogens is 331 g/mol. The molecule has 0 amide bonds. The van der Waals surface area contributed by atoms with Gasteiger partial charge in [0.2, 0.25) is 0 Å². The Kier molecular flexibility index (Phi) is 5.13. The van der Waals surface area contributed by atoms with Crippen molar-refractivity contribution in [1.82, 2.24) is 0 Å². The average molecular weight is 340 g/mol. The van der Waals surface area contributed by atoms with Gasteiger partial charge >= 0.3 is 0 Å². The SMILES string of the molecule is O=C(Cl)c1cc(CCCBr)ccc1Br. The molecule has 0 fully saturated rings. The third-order valence-corrected chi connectivity index (χ3v) is 3.30. The zero-order valence-electron chi connectivity index (χ0n) is 7.40. The topological polar surface area (TPSA) is 17.1 Å². The van der Waals surface area contributed by atoms with Crippen molar-refractivity contribution in [3.63, 3.8) is 0 Å². The number of carbonyl (C=O) groups is 1. The van der Waals surface area contributed by atoms with Crippen LogP contribution in [0.4, 0.5) is 0 Å². The van der Waals surface area contributed by atoms with E-state index in [-0.39, 0.29) is 0 Å². The van der Waals surface area contributed by atoms with Crippen LogP contribution in [0.25, 0.3) is 0 Å². The second-order valence-corrected chi connectivity index (χ2v) is 4.87. The Hall–Kier alpha value is 0.140. The highest BCUT2D eigenvalue weighted by atomic mass is 79.9. The fraction of sp³-hybridized carbons (Fsp3) is 0.300. The highest BCUT2D eigenvalue weighted by Gasteiger charge is 2.07. The largest absolute Gasteiger partial charge is 0.276 e. The highest BCUT2D eigenvalue weighted by Crippen LogP contribution is 2.21. The Balaban J connectivity index is 2.89. The molecule has 0 bridgehead atoms. The maximum atomic E-state index is 11.0. The lowest BCUT2D eigenvalue weighted by molar-refractivity contribution is 0.108. The molecule has 4 heteroatoms. The summed E-state index contributed by atoms with van der Waals surface area (Å²) in [5.41, 5.74) is 1.68. The zero-order chi connectivity index (χ0) is 10.6. The number of benzene rings is 1. The number of hydrogen-bond donors (Lipinski definition) is 0. The third kappa shape index (κ3) is 3.37. The fourth-order valence-electron chi connectivity index (χ4n) is 1.15. The average Bonchev–Trinajstić information content (AvgIpc) is 2.16. The molecule has 1 nitrogen and oxygen atoms in total. The van der Waals surface area contributed by atoms with Gasteiger partial charge in [-0.3, -0.25) is 4.79 Å². The summed E-state index contributed by atoms with van der Waals surface area (Å²) in [7, 11) is 0. The Morgan fingerprint density at radius 3 is 2.71 bits per heavy atom. The first-order valence-corrected chi connectivity index (χ1v) is 6.48. The quantitative estimate of drug-likeness (QED) is 0.594. The normalized spacial score (nSPS) is 10.2. The number of carbonyl (C=O) groups excluding carboxylic acids is 1. The molecular formula is C10H9Br2ClO. The van der Waals surface area contributed by atoms with Gasteiger partial charge in [-0.25, -0.2) is 0 Å². The maximum absolute atomic E-state index is 11.0. The zero-order valence-corrected chi connectivity index (χ0v) is 11.3. The van der Waals surface area contributed by atoms with Gasteiger partial charge in [-0.15, -0.1) is 0 Å². The minimum Gasteiger partial charge on any atom is -0.276 e. The van der Waals surface area contributed by atoms with Crippen molar-refractivity contribution >= 4 is 48.7 Å². The van der Waals surface area contributed by atoms with E-state index in [2.05, 4.69) is 31.9 Å². The molecule has 0 heterocycles. The van der Waals surface area contributed by atoms with E-state index in [1.54, 1.807) is 0 Å². The minimum atomic E-state index is -0.419. The van der Waals surface area contributed by atoms with Crippen LogP contribution in [0, 0.1) is 0 Å². The van der Waals surface area contributed by atoms with Gasteiger partial charge in [-0.2, -0.15) is 0 Å². The van der Waals surface area contributed by atoms with Crippen molar-refractivity contribution in [2.75, 3.05) is 5.33 Å². The lowest BCUT2D eigenvalue weighted by Crippen LogP contribution is -1.94. The summed E-state index contributed by atoms with van der Waals surface area (Å²) in [5, 5.41) is 0.547. The van der Waals surface area contributed by atoms with Crippen molar-refractivity contribution in [2.24, 2.45) is 0 Å². The van der Waals surface area contributed by atoms with Gasteiger partial charge in [-0.05, 0) is 58.1 Å². The fourth-order valence-corrected chi connectivity index (χ4v) is 2.13. The van der Waals surface area contributed by atoms with Gasteiger partial charge in [0.15, 0.2) is 0 Å². The molecule has 0 aliphatic rings. The molecule has 14 heavy (non-hydrogen) atoms. The molecule has 1 aromatic carbocycles. The number of alkyl halides is 1. The summed E-state index contributed by atoms with van der Waals surface area (Å²) < 4.78 is 0.750. The van der Waals surface area contributed by atoms with Gasteiger partial charge in [-0.1, -0.05) is 22.0 Å². The van der Waals surface area contributed by atoms with Crippen LogP contribution in [-0.4, -0.2) is 10.6 Å². The lowest BCUT2D eigenvalue weighted by Gasteiger charge is -2.03. The predicted octanol–water partition coefficient (Wildman–Crippen LogP) is 4.16. The summed E-state index contributed by atoms with van der Waals surface area (Å²) in [6.45, 7) is 0. The first kappa shape index (κ1) is 12.2. The molecule has 1 aromatic rings. The molecule has 0 radical (unpaired) electrons. The predicted molar refractivity (Wildman–Crippen MR) is 66.4 cm³/mol. The molecule has 0 atom stereocenters. The second kappa shape index (κ2) is 5.89. The van der Waals surface area contributed by atoms with E-state index < -0.39 is 5.24 Å². The third-order valence-electron chi connectivity index (χ3n) is 1.84. The van der Waals surface area contributed by atoms with E-state index in [0.29, 0.717) is 5.56 Å². The Morgan fingerprint density at radius 2 is 2.14 bits per heavy atom. The molecule has 0 aromatic heterocycles. The summed E-state index contributed by atoms with van der Waals surface area (Å²) in [6.07, 6.45) is 2.01. The van der Waals surface area contributed by atoms with Gasteiger partial charge < -0.3 is 0 Å². The van der Waals surface area contributed by atoms with E-state index >= 15 is 0 Å². The van der Waals surface area contributed by atoms with Crippen molar-refractivity contribution in [2.45, 2.75) is 12.8 Å². The molecule has 0 saturated carbocycles. The van der Waals surface area contributed by atoms with Crippen LogP contribution in [0.1, 0.15) is 22.3 Å². The Labute approximate surface area is 105 Å². The molecule has 0 N–H and O–H groups in total. The second-order valence-electron chi connectivity index (χ2n) is 2.88. The van der Waals surface area contributed by atoms with Gasteiger partial charge in [0.05, 0.1) is 0 Å². The monoisotopic (exact) mass is 338 g/mol. The van der Waals surface area contributed by atoms with Gasteiger partial charge in [0, 0.05) is 15.4 Å². The highest BCUT2D eigenvalue weighted by molar-refractivity contribution is 9.10. The molecule has 0 unspecified atom stereocenters. The van der Waals surface area contributed by atoms with Crippen LogP contribution < -0.4 is 0 Å². The Bertz CT molecular complexity index is 339. The van der Waals surface area contributed by atoms with Crippen molar-refractivity contribution in [1.29, 1.82) is 0 Å². The summed E-state index contributed by atoms with van der Waals surface area (Å²) in [5.74, 6) is 0.